The van der Waals surface area contributed by atoms with Crippen molar-refractivity contribution in [2.45, 2.75) is 0 Å². The van der Waals surface area contributed by atoms with Gasteiger partial charge in [0.2, 0.25) is 0 Å². The molecule has 0 aliphatic rings. The quantitative estimate of drug-likeness (QED) is 0.424. The van der Waals surface area contributed by atoms with Gasteiger partial charge in [0.05, 0.1) is 0 Å². The average Bonchev–Trinajstić information content (AvgIpc) is 1.00. The molecule has 0 aromatic carbocycles. The van der Waals surface area contributed by atoms with Crippen molar-refractivity contribution in [3.63, 3.8) is 0 Å². The summed E-state index contributed by atoms with van der Waals surface area (Å²) in [4.78, 5) is 0. The third-order valence-electron chi connectivity index (χ3n) is 0. The predicted octanol–water partition coefficient (Wildman–Crippen LogP) is -1.34. The predicted molar refractivity (Wildman–Crippen MR) is 18.8 cm³/mol. The van der Waals surface area contributed by atoms with Gasteiger partial charge >= 0.3 is 30.3 Å². The van der Waals surface area contributed by atoms with Gasteiger partial charge in [0, 0.05) is 0 Å². The molecule has 0 spiro atoms. The molecule has 27 valence electrons. The number of rotatable bonds is 0. The minimum absolute atomic E-state index is 0. The fourth-order valence-electron chi connectivity index (χ4n) is 0. The second kappa shape index (κ2) is 35.7. The number of hydrogen-bond donors (Lipinski definition) is 0. The Balaban J connectivity index is -0.00000000500. The molecule has 4 N–H and O–H groups in total. The van der Waals surface area contributed by atoms with Crippen LogP contribution in [0, 0.1) is 0 Å². The zero-order valence-corrected chi connectivity index (χ0v) is 5.49. The van der Waals surface area contributed by atoms with Crippen molar-refractivity contribution < 1.29 is 11.0 Å². The molecule has 0 unspecified atom stereocenters. The molecule has 0 fully saturated rings. The fourth-order valence-corrected chi connectivity index (χ4v) is 0. The Bertz CT molecular complexity index is 6.00. The van der Waals surface area contributed by atoms with Crippen molar-refractivity contribution in [3.8, 4) is 0 Å². The van der Waals surface area contributed by atoms with E-state index < -0.39 is 0 Å². The first-order valence-corrected chi connectivity index (χ1v) is 3.80. The van der Waals surface area contributed by atoms with Crippen molar-refractivity contribution in [1.29, 1.82) is 0 Å². The van der Waals surface area contributed by atoms with Crippen LogP contribution in [-0.4, -0.2) is 32.4 Å². The molecule has 4 heavy (non-hydrogen) atoms. The SMILES string of the molecule is O.O.[Cl][Sn]. The van der Waals surface area contributed by atoms with E-state index in [1.54, 1.807) is 0 Å². The molecule has 0 heterocycles. The molecule has 0 amide bonds. The van der Waals surface area contributed by atoms with Crippen LogP contribution < -0.4 is 0 Å². The van der Waals surface area contributed by atoms with E-state index in [9.17, 15) is 0 Å². The van der Waals surface area contributed by atoms with Gasteiger partial charge in [-0.1, -0.05) is 0 Å². The van der Waals surface area contributed by atoms with Gasteiger partial charge in [-0.25, -0.2) is 0 Å². The van der Waals surface area contributed by atoms with E-state index in [4.69, 9.17) is 8.92 Å². The monoisotopic (exact) mass is 191 g/mol. The van der Waals surface area contributed by atoms with Crippen LogP contribution in [-0.2, 0) is 0 Å². The van der Waals surface area contributed by atoms with E-state index in [-0.39, 0.29) is 11.0 Å². The van der Waals surface area contributed by atoms with E-state index in [1.165, 1.54) is 0 Å². The third-order valence-corrected chi connectivity index (χ3v) is 0. The number of hydrogen-bond acceptors (Lipinski definition) is 0. The van der Waals surface area contributed by atoms with Gasteiger partial charge in [-0.2, -0.15) is 0 Å². The molecule has 0 aromatic heterocycles. The maximum atomic E-state index is 4.73. The Hall–Kier alpha value is 1.01. The molecule has 0 aromatic rings. The van der Waals surface area contributed by atoms with Crippen LogP contribution in [0.15, 0.2) is 0 Å². The Morgan fingerprint density at radius 2 is 1.00 bits per heavy atom. The maximum absolute atomic E-state index is 4.73. The summed E-state index contributed by atoms with van der Waals surface area (Å²) in [5.74, 6) is 0. The van der Waals surface area contributed by atoms with Crippen molar-refractivity contribution in [2.75, 3.05) is 0 Å². The van der Waals surface area contributed by atoms with Gasteiger partial charge < -0.3 is 11.0 Å². The van der Waals surface area contributed by atoms with Crippen LogP contribution in [0.2, 0.25) is 0 Å². The van der Waals surface area contributed by atoms with Crippen LogP contribution in [0.1, 0.15) is 0 Å². The van der Waals surface area contributed by atoms with Crippen molar-refractivity contribution in [3.05, 3.63) is 0 Å². The molecule has 0 aliphatic carbocycles. The molecule has 0 saturated heterocycles. The van der Waals surface area contributed by atoms with Crippen molar-refractivity contribution >= 4 is 30.3 Å². The Morgan fingerprint density at radius 3 is 1.00 bits per heavy atom. The van der Waals surface area contributed by atoms with Crippen molar-refractivity contribution in [1.82, 2.24) is 0 Å². The zero-order chi connectivity index (χ0) is 2.00. The molecule has 0 atom stereocenters. The summed E-state index contributed by atoms with van der Waals surface area (Å²) in [6.07, 6.45) is 0. The van der Waals surface area contributed by atoms with Gasteiger partial charge in [-0.3, -0.25) is 0 Å². The summed E-state index contributed by atoms with van der Waals surface area (Å²) in [5, 5.41) is 0. The second-order valence-electron chi connectivity index (χ2n) is 0. The molecular weight excluding hydrogens is 186 g/mol. The average molecular weight is 190 g/mol. The first-order valence-electron chi connectivity index (χ1n) is 0.189. The van der Waals surface area contributed by atoms with Crippen LogP contribution in [0.5, 0.6) is 0 Å². The molecule has 2 nitrogen and oxygen atoms in total. The van der Waals surface area contributed by atoms with Gasteiger partial charge in [-0.15, -0.1) is 0 Å². The Labute approximate surface area is 41.6 Å². The zero-order valence-electron chi connectivity index (χ0n) is 1.88. The second-order valence-corrected chi connectivity index (χ2v) is 0. The van der Waals surface area contributed by atoms with E-state index >= 15 is 0 Å². The van der Waals surface area contributed by atoms with Crippen molar-refractivity contribution in [2.24, 2.45) is 0 Å². The van der Waals surface area contributed by atoms with Crippen LogP contribution in [0.3, 0.4) is 0 Å². The minimum atomic E-state index is 0. The van der Waals surface area contributed by atoms with Gasteiger partial charge in [-0.05, 0) is 0 Å². The molecule has 0 aliphatic heterocycles. The standard InChI is InChI=1S/ClH.2H2O.Sn/h1H;2*1H2;/q;;;+1/p-1. The van der Waals surface area contributed by atoms with E-state index in [0.29, 0.717) is 0 Å². The van der Waals surface area contributed by atoms with Gasteiger partial charge in [0.1, 0.15) is 0 Å². The topological polar surface area (TPSA) is 63.0 Å². The molecule has 4 heteroatoms. The fraction of sp³-hybridized carbons (Fsp3) is 0. The summed E-state index contributed by atoms with van der Waals surface area (Å²) in [6.45, 7) is 0. The first kappa shape index (κ1) is 19.9. The van der Waals surface area contributed by atoms with E-state index in [0.717, 1.165) is 21.4 Å². The Kier molecular flexibility index (Phi) is 178. The normalized spacial score (nSPS) is 1.50. The van der Waals surface area contributed by atoms with E-state index in [2.05, 4.69) is 0 Å². The summed E-state index contributed by atoms with van der Waals surface area (Å²) in [5.41, 5.74) is 0. The van der Waals surface area contributed by atoms with Gasteiger partial charge in [0.25, 0.3) is 0 Å². The molecule has 3 radical (unpaired) electrons. The van der Waals surface area contributed by atoms with Crippen LogP contribution in [0.25, 0.3) is 0 Å². The Morgan fingerprint density at radius 1 is 1.00 bits per heavy atom. The molecule has 0 saturated carbocycles. The summed E-state index contributed by atoms with van der Waals surface area (Å²) < 4.78 is 0. The van der Waals surface area contributed by atoms with Crippen LogP contribution in [0.4, 0.5) is 0 Å². The molecule has 0 rings (SSSR count). The third kappa shape index (κ3) is 11.9. The summed E-state index contributed by atoms with van der Waals surface area (Å²) in [6, 6.07) is 0. The molecule has 0 bridgehead atoms. The number of halogens is 1. The first-order chi connectivity index (χ1) is 1.00. The molecular formula is H4ClO2Sn. The van der Waals surface area contributed by atoms with Crippen LogP contribution >= 0.6 is 8.92 Å². The van der Waals surface area contributed by atoms with Gasteiger partial charge in [0.15, 0.2) is 0 Å². The summed E-state index contributed by atoms with van der Waals surface area (Å²) >= 11 is 1.02. The summed E-state index contributed by atoms with van der Waals surface area (Å²) in [7, 11) is 4.73. The van der Waals surface area contributed by atoms with E-state index in [1.807, 2.05) is 0 Å².